The maximum Gasteiger partial charge on any atom is 0.298 e. The van der Waals surface area contributed by atoms with Crippen molar-refractivity contribution in [1.82, 2.24) is 5.32 Å². The van der Waals surface area contributed by atoms with Gasteiger partial charge in [-0.1, -0.05) is 0 Å². The number of rotatable bonds is 2. The van der Waals surface area contributed by atoms with Gasteiger partial charge in [-0.25, -0.2) is 0 Å². The Morgan fingerprint density at radius 1 is 1.55 bits per heavy atom. The Kier molecular flexibility index (Phi) is 2.00. The van der Waals surface area contributed by atoms with Crippen molar-refractivity contribution in [1.29, 1.82) is 0 Å². The second kappa shape index (κ2) is 2.96. The quantitative estimate of drug-likeness (QED) is 0.414. The Bertz CT molecular complexity index is 243. The van der Waals surface area contributed by atoms with E-state index in [4.69, 9.17) is 0 Å². The first-order valence-corrected chi connectivity index (χ1v) is 2.87. The molecule has 0 atom stereocenters. The summed E-state index contributed by atoms with van der Waals surface area (Å²) in [5.41, 5.74) is 0. The highest BCUT2D eigenvalue weighted by Crippen LogP contribution is 2.05. The summed E-state index contributed by atoms with van der Waals surface area (Å²) in [7, 11) is 0. The molecule has 1 aliphatic heterocycles. The Balaban J connectivity index is 2.71. The highest BCUT2D eigenvalue weighted by molar-refractivity contribution is 6.04. The van der Waals surface area contributed by atoms with Crippen LogP contribution in [-0.2, 0) is 19.1 Å². The average molecular weight is 155 g/mol. The summed E-state index contributed by atoms with van der Waals surface area (Å²) in [4.78, 5) is 30.9. The number of hydrogen-bond acceptors (Lipinski definition) is 4. The van der Waals surface area contributed by atoms with Crippen LogP contribution in [0.2, 0.25) is 0 Å². The summed E-state index contributed by atoms with van der Waals surface area (Å²) in [5, 5.41) is 2.02. The lowest BCUT2D eigenvalue weighted by Gasteiger charge is -2.09. The van der Waals surface area contributed by atoms with Crippen LogP contribution >= 0.6 is 0 Å². The molecule has 0 unspecified atom stereocenters. The van der Waals surface area contributed by atoms with Gasteiger partial charge >= 0.3 is 0 Å². The van der Waals surface area contributed by atoms with E-state index in [1.807, 2.05) is 5.32 Å². The number of nitrogens with one attached hydrogen (secondary N) is 1. The zero-order chi connectivity index (χ0) is 8.27. The van der Waals surface area contributed by atoms with Crippen LogP contribution in [-0.4, -0.2) is 18.3 Å². The van der Waals surface area contributed by atoms with E-state index < -0.39 is 11.8 Å². The molecule has 5 heteroatoms. The third-order valence-corrected chi connectivity index (χ3v) is 1.09. The van der Waals surface area contributed by atoms with Crippen molar-refractivity contribution >= 4 is 18.3 Å². The lowest BCUT2D eigenvalue weighted by molar-refractivity contribution is -0.130. The van der Waals surface area contributed by atoms with Crippen molar-refractivity contribution in [2.45, 2.75) is 6.42 Å². The van der Waals surface area contributed by atoms with Crippen LogP contribution in [0.15, 0.2) is 11.8 Å². The molecule has 0 fully saturated rings. The van der Waals surface area contributed by atoms with Gasteiger partial charge in [0.05, 0.1) is 6.42 Å². The molecule has 0 aromatic heterocycles. The highest BCUT2D eigenvalue weighted by atomic mass is 16.5. The van der Waals surface area contributed by atoms with Gasteiger partial charge in [0.2, 0.25) is 5.91 Å². The van der Waals surface area contributed by atoms with Gasteiger partial charge in [-0.2, -0.15) is 0 Å². The molecule has 0 aromatic carbocycles. The molecular weight excluding hydrogens is 150 g/mol. The topological polar surface area (TPSA) is 72.5 Å². The third-order valence-electron chi connectivity index (χ3n) is 1.09. The summed E-state index contributed by atoms with van der Waals surface area (Å²) in [6.45, 7) is 0.178. The molecule has 1 N–H and O–H groups in total. The van der Waals surface area contributed by atoms with Gasteiger partial charge in [0.1, 0.15) is 5.76 Å². The number of carbonyl (C=O) groups excluding carboxylic acids is 3. The van der Waals surface area contributed by atoms with E-state index in [9.17, 15) is 14.4 Å². The monoisotopic (exact) mass is 155 g/mol. The van der Waals surface area contributed by atoms with Crippen molar-refractivity contribution in [2.24, 2.45) is 0 Å². The summed E-state index contributed by atoms with van der Waals surface area (Å²) in [6, 6.07) is 0. The van der Waals surface area contributed by atoms with Gasteiger partial charge < -0.3 is 4.74 Å². The minimum absolute atomic E-state index is 0.0650. The van der Waals surface area contributed by atoms with Crippen molar-refractivity contribution in [2.75, 3.05) is 0 Å². The lowest BCUT2D eigenvalue weighted by Crippen LogP contribution is -2.33. The molecule has 1 aliphatic rings. The smallest absolute Gasteiger partial charge is 0.298 e. The number of imide groups is 1. The van der Waals surface area contributed by atoms with E-state index in [0.717, 1.165) is 6.08 Å². The van der Waals surface area contributed by atoms with E-state index in [1.165, 1.54) is 0 Å². The van der Waals surface area contributed by atoms with E-state index in [1.54, 1.807) is 0 Å². The standard InChI is InChI=1S/C6H5NO4/c8-3-11-4-1-5(9)7-6(10)2-4/h1,3H,2H2,(H,7,9,10). The van der Waals surface area contributed by atoms with E-state index in [-0.39, 0.29) is 18.7 Å². The Labute approximate surface area is 62.0 Å². The average Bonchev–Trinajstić information content (AvgIpc) is 1.85. The van der Waals surface area contributed by atoms with Crippen LogP contribution in [0, 0.1) is 0 Å². The first kappa shape index (κ1) is 7.46. The molecule has 0 bridgehead atoms. The fourth-order valence-electron chi connectivity index (χ4n) is 0.711. The number of ether oxygens (including phenoxy) is 1. The van der Waals surface area contributed by atoms with Crippen molar-refractivity contribution < 1.29 is 19.1 Å². The maximum absolute atomic E-state index is 10.6. The zero-order valence-corrected chi connectivity index (χ0v) is 5.49. The van der Waals surface area contributed by atoms with E-state index >= 15 is 0 Å². The van der Waals surface area contributed by atoms with Crippen LogP contribution < -0.4 is 5.32 Å². The molecule has 1 rings (SSSR count). The Morgan fingerprint density at radius 2 is 2.27 bits per heavy atom. The van der Waals surface area contributed by atoms with Gasteiger partial charge in [-0.3, -0.25) is 19.7 Å². The predicted octanol–water partition coefficient (Wildman–Crippen LogP) is -0.910. The number of hydrogen-bond donors (Lipinski definition) is 1. The first-order valence-electron chi connectivity index (χ1n) is 2.87. The van der Waals surface area contributed by atoms with Crippen LogP contribution in [0.4, 0.5) is 0 Å². The second-order valence-corrected chi connectivity index (χ2v) is 1.91. The summed E-state index contributed by atoms with van der Waals surface area (Å²) in [5.74, 6) is -0.943. The summed E-state index contributed by atoms with van der Waals surface area (Å²) >= 11 is 0. The number of carbonyl (C=O) groups is 3. The van der Waals surface area contributed by atoms with Gasteiger partial charge in [-0.15, -0.1) is 0 Å². The maximum atomic E-state index is 10.6. The predicted molar refractivity (Wildman–Crippen MR) is 33.0 cm³/mol. The van der Waals surface area contributed by atoms with Gasteiger partial charge in [0.15, 0.2) is 0 Å². The summed E-state index contributed by atoms with van der Waals surface area (Å²) < 4.78 is 4.32. The van der Waals surface area contributed by atoms with Crippen molar-refractivity contribution in [3.63, 3.8) is 0 Å². The molecule has 5 nitrogen and oxygen atoms in total. The highest BCUT2D eigenvalue weighted by Gasteiger charge is 2.16. The minimum atomic E-state index is -0.557. The lowest BCUT2D eigenvalue weighted by atomic mass is 10.2. The number of amides is 2. The molecule has 11 heavy (non-hydrogen) atoms. The molecule has 0 aliphatic carbocycles. The molecule has 1 heterocycles. The summed E-state index contributed by atoms with van der Waals surface area (Å²) in [6.07, 6.45) is 1.00. The molecule has 0 saturated carbocycles. The van der Waals surface area contributed by atoms with Crippen molar-refractivity contribution in [3.05, 3.63) is 11.8 Å². The van der Waals surface area contributed by atoms with Gasteiger partial charge in [0, 0.05) is 6.08 Å². The largest absolute Gasteiger partial charge is 0.433 e. The fraction of sp³-hybridized carbons (Fsp3) is 0.167. The molecule has 0 saturated heterocycles. The van der Waals surface area contributed by atoms with Crippen LogP contribution in [0.1, 0.15) is 6.42 Å². The van der Waals surface area contributed by atoms with Gasteiger partial charge in [0.25, 0.3) is 12.4 Å². The molecule has 0 spiro atoms. The SMILES string of the molecule is O=COC1=CC(=O)NC(=O)C1. The van der Waals surface area contributed by atoms with Crippen LogP contribution in [0.3, 0.4) is 0 Å². The fourth-order valence-corrected chi connectivity index (χ4v) is 0.711. The molecular formula is C6H5NO4. The first-order chi connectivity index (χ1) is 5.22. The second-order valence-electron chi connectivity index (χ2n) is 1.91. The van der Waals surface area contributed by atoms with E-state index in [2.05, 4.69) is 4.74 Å². The molecule has 0 radical (unpaired) electrons. The Hall–Kier alpha value is -1.65. The molecule has 0 aromatic rings. The van der Waals surface area contributed by atoms with Crippen molar-refractivity contribution in [3.8, 4) is 0 Å². The molecule has 2 amide bonds. The van der Waals surface area contributed by atoms with Crippen LogP contribution in [0.25, 0.3) is 0 Å². The van der Waals surface area contributed by atoms with Gasteiger partial charge in [-0.05, 0) is 0 Å². The van der Waals surface area contributed by atoms with Crippen LogP contribution in [0.5, 0.6) is 0 Å². The Morgan fingerprint density at radius 3 is 2.82 bits per heavy atom. The zero-order valence-electron chi connectivity index (χ0n) is 5.49. The molecule has 58 valence electrons. The van der Waals surface area contributed by atoms with E-state index in [0.29, 0.717) is 0 Å². The third kappa shape index (κ3) is 1.89. The minimum Gasteiger partial charge on any atom is -0.433 e. The normalized spacial score (nSPS) is 16.9.